The van der Waals surface area contributed by atoms with Crippen LogP contribution in [0.5, 0.6) is 5.75 Å². The van der Waals surface area contributed by atoms with Crippen LogP contribution in [0.3, 0.4) is 0 Å². The Morgan fingerprint density at radius 3 is 2.71 bits per heavy atom. The molecule has 0 atom stereocenters. The van der Waals surface area contributed by atoms with Gasteiger partial charge < -0.3 is 9.53 Å². The lowest BCUT2D eigenvalue weighted by Gasteiger charge is -2.08. The zero-order chi connectivity index (χ0) is 10.6. The fourth-order valence-corrected chi connectivity index (χ4v) is 1.37. The molecular formula is C12H16O2. The number of hydrogen-bond donors (Lipinski definition) is 0. The van der Waals surface area contributed by atoms with Crippen molar-refractivity contribution in [1.82, 2.24) is 0 Å². The molecule has 0 saturated carbocycles. The van der Waals surface area contributed by atoms with E-state index in [-0.39, 0.29) is 5.78 Å². The SMILES string of the molecule is COc1cc(C)ccc1CCC(C)=O. The number of ether oxygens (including phenoxy) is 1. The molecule has 1 aromatic rings. The lowest BCUT2D eigenvalue weighted by Crippen LogP contribution is -1.97. The molecule has 0 aliphatic carbocycles. The molecule has 0 aromatic heterocycles. The van der Waals surface area contributed by atoms with Crippen molar-refractivity contribution in [2.75, 3.05) is 7.11 Å². The average Bonchev–Trinajstić information content (AvgIpc) is 2.15. The largest absolute Gasteiger partial charge is 0.496 e. The molecule has 0 aliphatic rings. The fourth-order valence-electron chi connectivity index (χ4n) is 1.37. The molecule has 0 heterocycles. The first-order valence-corrected chi connectivity index (χ1v) is 4.76. The highest BCUT2D eigenvalue weighted by Crippen LogP contribution is 2.21. The first-order valence-electron chi connectivity index (χ1n) is 4.76. The van der Waals surface area contributed by atoms with Gasteiger partial charge in [-0.05, 0) is 37.5 Å². The molecule has 2 heteroatoms. The predicted molar refractivity (Wildman–Crippen MR) is 56.7 cm³/mol. The number of benzene rings is 1. The van der Waals surface area contributed by atoms with Gasteiger partial charge in [0.1, 0.15) is 11.5 Å². The maximum atomic E-state index is 10.8. The molecule has 2 nitrogen and oxygen atoms in total. The summed E-state index contributed by atoms with van der Waals surface area (Å²) in [4.78, 5) is 10.8. The number of carbonyl (C=O) groups excluding carboxylic acids is 1. The fraction of sp³-hybridized carbons (Fsp3) is 0.417. The molecular weight excluding hydrogens is 176 g/mol. The molecule has 0 amide bonds. The summed E-state index contributed by atoms with van der Waals surface area (Å²) < 4.78 is 5.25. The van der Waals surface area contributed by atoms with Crippen LogP contribution in [0.4, 0.5) is 0 Å². The molecule has 0 bridgehead atoms. The molecule has 0 saturated heterocycles. The number of hydrogen-bond acceptors (Lipinski definition) is 2. The number of aryl methyl sites for hydroxylation is 2. The second kappa shape index (κ2) is 4.80. The Morgan fingerprint density at radius 1 is 1.43 bits per heavy atom. The van der Waals surface area contributed by atoms with Gasteiger partial charge in [-0.15, -0.1) is 0 Å². The van der Waals surface area contributed by atoms with Gasteiger partial charge in [-0.25, -0.2) is 0 Å². The van der Waals surface area contributed by atoms with Gasteiger partial charge in [-0.1, -0.05) is 12.1 Å². The number of carbonyl (C=O) groups is 1. The zero-order valence-electron chi connectivity index (χ0n) is 8.96. The summed E-state index contributed by atoms with van der Waals surface area (Å²) in [6, 6.07) is 6.06. The summed E-state index contributed by atoms with van der Waals surface area (Å²) in [7, 11) is 1.66. The van der Waals surface area contributed by atoms with Crippen LogP contribution in [0.15, 0.2) is 18.2 Å². The van der Waals surface area contributed by atoms with Crippen molar-refractivity contribution >= 4 is 5.78 Å². The lowest BCUT2D eigenvalue weighted by atomic mass is 10.1. The highest BCUT2D eigenvalue weighted by Gasteiger charge is 2.03. The Balaban J connectivity index is 2.80. The predicted octanol–water partition coefficient (Wildman–Crippen LogP) is 2.53. The van der Waals surface area contributed by atoms with Crippen LogP contribution in [0.25, 0.3) is 0 Å². The number of ketones is 1. The van der Waals surface area contributed by atoms with E-state index in [2.05, 4.69) is 0 Å². The molecule has 76 valence electrons. The van der Waals surface area contributed by atoms with E-state index in [1.54, 1.807) is 14.0 Å². The Kier molecular flexibility index (Phi) is 3.69. The summed E-state index contributed by atoms with van der Waals surface area (Å²) >= 11 is 0. The maximum absolute atomic E-state index is 10.8. The van der Waals surface area contributed by atoms with Crippen molar-refractivity contribution in [3.05, 3.63) is 29.3 Å². The lowest BCUT2D eigenvalue weighted by molar-refractivity contribution is -0.116. The summed E-state index contributed by atoms with van der Waals surface area (Å²) in [5.74, 6) is 1.10. The monoisotopic (exact) mass is 192 g/mol. The minimum atomic E-state index is 0.215. The van der Waals surface area contributed by atoms with Crippen molar-refractivity contribution in [2.45, 2.75) is 26.7 Å². The summed E-state index contributed by atoms with van der Waals surface area (Å²) in [6.45, 7) is 3.64. The Hall–Kier alpha value is -1.31. The molecule has 0 aliphatic heterocycles. The van der Waals surface area contributed by atoms with Gasteiger partial charge in [0, 0.05) is 6.42 Å². The van der Waals surface area contributed by atoms with Crippen LogP contribution in [0.2, 0.25) is 0 Å². The van der Waals surface area contributed by atoms with Gasteiger partial charge in [0.05, 0.1) is 7.11 Å². The quantitative estimate of drug-likeness (QED) is 0.732. The van der Waals surface area contributed by atoms with E-state index < -0.39 is 0 Å². The molecule has 0 fully saturated rings. The molecule has 0 spiro atoms. The van der Waals surface area contributed by atoms with Gasteiger partial charge in [-0.2, -0.15) is 0 Å². The van der Waals surface area contributed by atoms with Crippen molar-refractivity contribution in [3.8, 4) is 5.75 Å². The Bertz CT molecular complexity index is 329. The van der Waals surface area contributed by atoms with Crippen LogP contribution < -0.4 is 4.74 Å². The van der Waals surface area contributed by atoms with Gasteiger partial charge in [-0.3, -0.25) is 0 Å². The van der Waals surface area contributed by atoms with E-state index in [1.807, 2.05) is 25.1 Å². The molecule has 0 unspecified atom stereocenters. The zero-order valence-corrected chi connectivity index (χ0v) is 8.96. The normalized spacial score (nSPS) is 9.93. The van der Waals surface area contributed by atoms with Crippen LogP contribution >= 0.6 is 0 Å². The summed E-state index contributed by atoms with van der Waals surface area (Å²) in [5.41, 5.74) is 2.28. The third kappa shape index (κ3) is 2.87. The average molecular weight is 192 g/mol. The maximum Gasteiger partial charge on any atom is 0.130 e. The third-order valence-electron chi connectivity index (χ3n) is 2.19. The van der Waals surface area contributed by atoms with Crippen molar-refractivity contribution in [3.63, 3.8) is 0 Å². The second-order valence-corrected chi connectivity index (χ2v) is 3.52. The third-order valence-corrected chi connectivity index (χ3v) is 2.19. The highest BCUT2D eigenvalue weighted by molar-refractivity contribution is 5.75. The van der Waals surface area contributed by atoms with E-state index in [4.69, 9.17) is 4.74 Å². The Labute approximate surface area is 84.9 Å². The minimum absolute atomic E-state index is 0.215. The van der Waals surface area contributed by atoms with Gasteiger partial charge in [0.25, 0.3) is 0 Å². The van der Waals surface area contributed by atoms with Gasteiger partial charge >= 0.3 is 0 Å². The second-order valence-electron chi connectivity index (χ2n) is 3.52. The van der Waals surface area contributed by atoms with Gasteiger partial charge in [0.15, 0.2) is 0 Å². The van der Waals surface area contributed by atoms with E-state index in [9.17, 15) is 4.79 Å². The number of Topliss-reactive ketones (excluding diaryl/α,β-unsaturated/α-hetero) is 1. The van der Waals surface area contributed by atoms with Crippen LogP contribution in [0, 0.1) is 6.92 Å². The highest BCUT2D eigenvalue weighted by atomic mass is 16.5. The van der Waals surface area contributed by atoms with E-state index in [0.29, 0.717) is 6.42 Å². The number of methoxy groups -OCH3 is 1. The van der Waals surface area contributed by atoms with Crippen molar-refractivity contribution < 1.29 is 9.53 Å². The van der Waals surface area contributed by atoms with Crippen molar-refractivity contribution in [2.24, 2.45) is 0 Å². The van der Waals surface area contributed by atoms with Gasteiger partial charge in [0.2, 0.25) is 0 Å². The van der Waals surface area contributed by atoms with Crippen LogP contribution in [0.1, 0.15) is 24.5 Å². The molecule has 1 aromatic carbocycles. The first-order chi connectivity index (χ1) is 6.63. The van der Waals surface area contributed by atoms with Crippen LogP contribution in [-0.2, 0) is 11.2 Å². The number of rotatable bonds is 4. The van der Waals surface area contributed by atoms with Crippen LogP contribution in [-0.4, -0.2) is 12.9 Å². The minimum Gasteiger partial charge on any atom is -0.496 e. The topological polar surface area (TPSA) is 26.3 Å². The molecule has 0 radical (unpaired) electrons. The van der Waals surface area contributed by atoms with E-state index in [0.717, 1.165) is 17.7 Å². The summed E-state index contributed by atoms with van der Waals surface area (Å²) in [6.07, 6.45) is 1.35. The van der Waals surface area contributed by atoms with Crippen molar-refractivity contribution in [1.29, 1.82) is 0 Å². The smallest absolute Gasteiger partial charge is 0.130 e. The standard InChI is InChI=1S/C12H16O2/c1-9-4-6-11(7-5-10(2)13)12(8-9)14-3/h4,6,8H,5,7H2,1-3H3. The molecule has 1 rings (SSSR count). The first kappa shape index (κ1) is 10.8. The Morgan fingerprint density at radius 2 is 2.14 bits per heavy atom. The molecule has 14 heavy (non-hydrogen) atoms. The van der Waals surface area contributed by atoms with E-state index >= 15 is 0 Å². The summed E-state index contributed by atoms with van der Waals surface area (Å²) in [5, 5.41) is 0. The van der Waals surface area contributed by atoms with E-state index in [1.165, 1.54) is 5.56 Å². The molecule has 0 N–H and O–H groups in total.